The first-order chi connectivity index (χ1) is 12.0. The van der Waals surface area contributed by atoms with Crippen molar-refractivity contribution < 1.29 is 37.0 Å². The van der Waals surface area contributed by atoms with Crippen molar-refractivity contribution in [1.29, 1.82) is 0 Å². The summed E-state index contributed by atoms with van der Waals surface area (Å²) in [6.45, 7) is 3.60. The standard InChI is InChI=1S/C18H21F3O5/c1-11-9-13(10-12(2)14(11)24-3)7-6-8-17(15(22)25-4,16(23)26-5)18(19,20)21/h6-7,9-10H,8H2,1-5H3/b7-6+. The van der Waals surface area contributed by atoms with E-state index < -0.39 is 30.0 Å². The molecule has 144 valence electrons. The van der Waals surface area contributed by atoms with Crippen molar-refractivity contribution in [3.63, 3.8) is 0 Å². The van der Waals surface area contributed by atoms with Crippen LogP contribution in [0.1, 0.15) is 23.1 Å². The summed E-state index contributed by atoms with van der Waals surface area (Å²) in [5.74, 6) is -2.76. The molecule has 8 heteroatoms. The summed E-state index contributed by atoms with van der Waals surface area (Å²) in [6.07, 6.45) is -3.63. The highest BCUT2D eigenvalue weighted by Gasteiger charge is 2.67. The topological polar surface area (TPSA) is 61.8 Å². The highest BCUT2D eigenvalue weighted by molar-refractivity contribution is 6.01. The Labute approximate surface area is 149 Å². The van der Waals surface area contributed by atoms with Crippen molar-refractivity contribution in [2.45, 2.75) is 26.4 Å². The van der Waals surface area contributed by atoms with E-state index in [1.807, 2.05) is 0 Å². The van der Waals surface area contributed by atoms with Gasteiger partial charge in [-0.15, -0.1) is 0 Å². The lowest BCUT2D eigenvalue weighted by Gasteiger charge is -2.29. The van der Waals surface area contributed by atoms with Crippen LogP contribution in [0.2, 0.25) is 0 Å². The van der Waals surface area contributed by atoms with Crippen LogP contribution in [0.25, 0.3) is 6.08 Å². The fourth-order valence-corrected chi connectivity index (χ4v) is 2.72. The molecule has 0 aliphatic heterocycles. The summed E-state index contributed by atoms with van der Waals surface area (Å²) in [5, 5.41) is 0. The van der Waals surface area contributed by atoms with Gasteiger partial charge in [0, 0.05) is 6.42 Å². The van der Waals surface area contributed by atoms with Gasteiger partial charge in [0.15, 0.2) is 0 Å². The van der Waals surface area contributed by atoms with E-state index in [9.17, 15) is 22.8 Å². The Bertz CT molecular complexity index is 668. The lowest BCUT2D eigenvalue weighted by atomic mass is 9.83. The van der Waals surface area contributed by atoms with E-state index in [0.29, 0.717) is 11.3 Å². The number of carbonyl (C=O) groups is 2. The van der Waals surface area contributed by atoms with Crippen LogP contribution in [0, 0.1) is 19.3 Å². The molecule has 1 aromatic carbocycles. The number of methoxy groups -OCH3 is 3. The lowest BCUT2D eigenvalue weighted by Crippen LogP contribution is -2.52. The van der Waals surface area contributed by atoms with Crippen LogP contribution in [0.3, 0.4) is 0 Å². The van der Waals surface area contributed by atoms with Crippen LogP contribution in [0.15, 0.2) is 18.2 Å². The maximum Gasteiger partial charge on any atom is 0.415 e. The molecule has 0 saturated carbocycles. The summed E-state index contributed by atoms with van der Waals surface area (Å²) in [6, 6.07) is 3.43. The molecule has 0 amide bonds. The number of esters is 2. The first-order valence-corrected chi connectivity index (χ1v) is 7.60. The molecule has 0 aliphatic rings. The Kier molecular flexibility index (Phi) is 6.83. The van der Waals surface area contributed by atoms with Crippen molar-refractivity contribution in [2.24, 2.45) is 5.41 Å². The van der Waals surface area contributed by atoms with Crippen molar-refractivity contribution in [1.82, 2.24) is 0 Å². The van der Waals surface area contributed by atoms with Crippen LogP contribution in [-0.2, 0) is 19.1 Å². The van der Waals surface area contributed by atoms with Gasteiger partial charge in [0.05, 0.1) is 21.3 Å². The van der Waals surface area contributed by atoms with Crippen molar-refractivity contribution in [2.75, 3.05) is 21.3 Å². The Morgan fingerprint density at radius 3 is 1.81 bits per heavy atom. The molecule has 0 spiro atoms. The minimum Gasteiger partial charge on any atom is -0.496 e. The summed E-state index contributed by atoms with van der Waals surface area (Å²) in [5.41, 5.74) is -1.21. The van der Waals surface area contributed by atoms with E-state index in [4.69, 9.17) is 4.74 Å². The first-order valence-electron chi connectivity index (χ1n) is 7.60. The molecule has 1 rings (SSSR count). The molecule has 0 heterocycles. The molecule has 0 aliphatic carbocycles. The molecule has 0 bridgehead atoms. The number of hydrogen-bond donors (Lipinski definition) is 0. The highest BCUT2D eigenvalue weighted by Crippen LogP contribution is 2.44. The lowest BCUT2D eigenvalue weighted by molar-refractivity contribution is -0.237. The normalized spacial score (nSPS) is 12.2. The van der Waals surface area contributed by atoms with Gasteiger partial charge in [-0.05, 0) is 42.7 Å². The Morgan fingerprint density at radius 1 is 1.00 bits per heavy atom. The van der Waals surface area contributed by atoms with Crippen LogP contribution in [0.4, 0.5) is 13.2 Å². The van der Waals surface area contributed by atoms with E-state index in [-0.39, 0.29) is 0 Å². The summed E-state index contributed by atoms with van der Waals surface area (Å²) in [7, 11) is 3.09. The van der Waals surface area contributed by atoms with E-state index in [2.05, 4.69) is 9.47 Å². The van der Waals surface area contributed by atoms with Gasteiger partial charge in [-0.2, -0.15) is 13.2 Å². The van der Waals surface area contributed by atoms with Crippen LogP contribution in [-0.4, -0.2) is 39.4 Å². The quantitative estimate of drug-likeness (QED) is 0.562. The molecule has 0 fully saturated rings. The fraction of sp³-hybridized carbons (Fsp3) is 0.444. The monoisotopic (exact) mass is 374 g/mol. The average molecular weight is 374 g/mol. The Hall–Kier alpha value is -2.51. The maximum absolute atomic E-state index is 13.6. The van der Waals surface area contributed by atoms with Crippen molar-refractivity contribution in [3.05, 3.63) is 34.9 Å². The van der Waals surface area contributed by atoms with Gasteiger partial charge < -0.3 is 14.2 Å². The minimum absolute atomic E-state index is 0.603. The van der Waals surface area contributed by atoms with Crippen LogP contribution < -0.4 is 4.74 Å². The van der Waals surface area contributed by atoms with Gasteiger partial charge in [0.1, 0.15) is 5.75 Å². The van der Waals surface area contributed by atoms with Crippen molar-refractivity contribution >= 4 is 18.0 Å². The second kappa shape index (κ2) is 8.25. The Balaban J connectivity index is 3.28. The number of rotatable bonds is 6. The highest BCUT2D eigenvalue weighted by atomic mass is 19.4. The number of carbonyl (C=O) groups excluding carboxylic acids is 2. The number of halogens is 3. The summed E-state index contributed by atoms with van der Waals surface area (Å²) in [4.78, 5) is 23.6. The maximum atomic E-state index is 13.6. The molecule has 1 aromatic rings. The zero-order valence-corrected chi connectivity index (χ0v) is 15.2. The Morgan fingerprint density at radius 2 is 1.46 bits per heavy atom. The molecule has 0 aromatic heterocycles. The molecule has 0 unspecified atom stereocenters. The molecular weight excluding hydrogens is 353 g/mol. The molecule has 0 saturated heterocycles. The summed E-state index contributed by atoms with van der Waals surface area (Å²) >= 11 is 0. The average Bonchev–Trinajstić information content (AvgIpc) is 2.56. The number of alkyl halides is 3. The number of allylic oxidation sites excluding steroid dienone is 1. The zero-order chi connectivity index (χ0) is 20.1. The molecule has 0 N–H and O–H groups in total. The van der Waals surface area contributed by atoms with E-state index >= 15 is 0 Å². The van der Waals surface area contributed by atoms with E-state index in [1.54, 1.807) is 26.0 Å². The predicted molar refractivity (Wildman–Crippen MR) is 88.6 cm³/mol. The third-order valence-electron chi connectivity index (χ3n) is 3.97. The number of benzene rings is 1. The van der Waals surface area contributed by atoms with E-state index in [1.165, 1.54) is 13.2 Å². The van der Waals surface area contributed by atoms with Gasteiger partial charge in [-0.3, -0.25) is 9.59 Å². The summed E-state index contributed by atoms with van der Waals surface area (Å²) < 4.78 is 54.3. The van der Waals surface area contributed by atoms with Gasteiger partial charge in [-0.25, -0.2) is 0 Å². The second-order valence-electron chi connectivity index (χ2n) is 5.68. The first kappa shape index (κ1) is 21.5. The fourth-order valence-electron chi connectivity index (χ4n) is 2.72. The van der Waals surface area contributed by atoms with Gasteiger partial charge in [0.2, 0.25) is 0 Å². The molecule has 0 radical (unpaired) electrons. The number of hydrogen-bond acceptors (Lipinski definition) is 5. The molecular formula is C18H21F3O5. The second-order valence-corrected chi connectivity index (χ2v) is 5.68. The minimum atomic E-state index is -5.18. The zero-order valence-electron chi connectivity index (χ0n) is 15.2. The number of aryl methyl sites for hydroxylation is 2. The van der Waals surface area contributed by atoms with Gasteiger partial charge in [-0.1, -0.05) is 12.2 Å². The predicted octanol–water partition coefficient (Wildman–Crippen LogP) is 3.61. The van der Waals surface area contributed by atoms with Crippen molar-refractivity contribution in [3.8, 4) is 5.75 Å². The SMILES string of the molecule is COC(=O)C(C/C=C/c1cc(C)c(OC)c(C)c1)(C(=O)OC)C(F)(F)F. The molecule has 5 nitrogen and oxygen atoms in total. The third kappa shape index (κ3) is 4.00. The number of ether oxygens (including phenoxy) is 3. The smallest absolute Gasteiger partial charge is 0.415 e. The molecule has 26 heavy (non-hydrogen) atoms. The third-order valence-corrected chi connectivity index (χ3v) is 3.97. The van der Waals surface area contributed by atoms with Gasteiger partial charge >= 0.3 is 18.1 Å². The molecule has 0 atom stereocenters. The largest absolute Gasteiger partial charge is 0.496 e. The van der Waals surface area contributed by atoms with Gasteiger partial charge in [0.25, 0.3) is 5.41 Å². The van der Waals surface area contributed by atoms with Crippen LogP contribution >= 0.6 is 0 Å². The van der Waals surface area contributed by atoms with E-state index in [0.717, 1.165) is 31.4 Å². The van der Waals surface area contributed by atoms with Crippen LogP contribution in [0.5, 0.6) is 5.75 Å².